The molecule has 1 atom stereocenters. The van der Waals surface area contributed by atoms with Crippen LogP contribution in [0.1, 0.15) is 12.8 Å². The zero-order chi connectivity index (χ0) is 14.2. The summed E-state index contributed by atoms with van der Waals surface area (Å²) in [6.07, 6.45) is 1.90. The van der Waals surface area contributed by atoms with Crippen LogP contribution in [0.15, 0.2) is 28.6 Å². The molecule has 1 aromatic heterocycles. The Balaban J connectivity index is 0.00000161. The Kier molecular flexibility index (Phi) is 5.21. The zero-order valence-electron chi connectivity index (χ0n) is 11.7. The fourth-order valence-corrected chi connectivity index (χ4v) is 5.35. The summed E-state index contributed by atoms with van der Waals surface area (Å²) in [5, 5.41) is 3.16. The number of fused-ring (bicyclic) bond motifs is 1. The van der Waals surface area contributed by atoms with Crippen molar-refractivity contribution in [2.24, 2.45) is 0 Å². The number of rotatable bonds is 3. The van der Waals surface area contributed by atoms with Crippen LogP contribution in [-0.2, 0) is 10.0 Å². The largest absolute Gasteiger partial charge is 0.316 e. The van der Waals surface area contributed by atoms with Crippen molar-refractivity contribution in [3.63, 3.8) is 0 Å². The first-order valence-electron chi connectivity index (χ1n) is 6.64. The van der Waals surface area contributed by atoms with Crippen molar-refractivity contribution >= 4 is 44.0 Å². The van der Waals surface area contributed by atoms with Crippen molar-refractivity contribution in [3.8, 4) is 0 Å². The average Bonchev–Trinajstić information content (AvgIpc) is 2.92. The normalized spacial score (nSPS) is 20.3. The number of halogens is 1. The van der Waals surface area contributed by atoms with Gasteiger partial charge in [-0.25, -0.2) is 13.4 Å². The molecule has 2 heterocycles. The molecule has 1 fully saturated rings. The summed E-state index contributed by atoms with van der Waals surface area (Å²) >= 11 is 1.25. The predicted molar refractivity (Wildman–Crippen MR) is 87.7 cm³/mol. The van der Waals surface area contributed by atoms with Gasteiger partial charge >= 0.3 is 0 Å². The van der Waals surface area contributed by atoms with E-state index in [1.54, 1.807) is 4.31 Å². The summed E-state index contributed by atoms with van der Waals surface area (Å²) in [4.78, 5) is 4.28. The van der Waals surface area contributed by atoms with Gasteiger partial charge < -0.3 is 5.32 Å². The standard InChI is InChI=1S/C13H17N3O2S2.ClH/c1-14-10-5-4-8-16(9-10)20(17,18)13-15-11-6-2-3-7-12(11)19-13;/h2-3,6-7,10,14H,4-5,8-9H2,1H3;1H. The summed E-state index contributed by atoms with van der Waals surface area (Å²) in [6.45, 7) is 1.10. The Hall–Kier alpha value is -0.730. The monoisotopic (exact) mass is 347 g/mol. The maximum absolute atomic E-state index is 12.7. The molecule has 0 radical (unpaired) electrons. The molecule has 116 valence electrons. The Morgan fingerprint density at radius 1 is 1.38 bits per heavy atom. The molecule has 2 aromatic rings. The number of likely N-dealkylation sites (N-methyl/N-ethyl adjacent to an activating group) is 1. The van der Waals surface area contributed by atoms with Gasteiger partial charge in [0.2, 0.25) is 4.34 Å². The van der Waals surface area contributed by atoms with Gasteiger partial charge in [0.15, 0.2) is 0 Å². The number of nitrogens with one attached hydrogen (secondary N) is 1. The van der Waals surface area contributed by atoms with E-state index >= 15 is 0 Å². The van der Waals surface area contributed by atoms with Gasteiger partial charge in [-0.2, -0.15) is 4.31 Å². The highest BCUT2D eigenvalue weighted by atomic mass is 35.5. The maximum atomic E-state index is 12.7. The number of hydrogen-bond donors (Lipinski definition) is 1. The molecule has 1 saturated heterocycles. The van der Waals surface area contributed by atoms with E-state index in [2.05, 4.69) is 10.3 Å². The van der Waals surface area contributed by atoms with Gasteiger partial charge in [-0.05, 0) is 32.0 Å². The number of thiazole rings is 1. The molecule has 0 spiro atoms. The second-order valence-electron chi connectivity index (χ2n) is 4.94. The molecule has 5 nitrogen and oxygen atoms in total. The maximum Gasteiger partial charge on any atom is 0.270 e. The van der Waals surface area contributed by atoms with Crippen LogP contribution in [0.5, 0.6) is 0 Å². The topological polar surface area (TPSA) is 62.3 Å². The molecule has 0 bridgehead atoms. The smallest absolute Gasteiger partial charge is 0.270 e. The first kappa shape index (κ1) is 16.6. The Labute approximate surface area is 134 Å². The molecule has 0 amide bonds. The lowest BCUT2D eigenvalue weighted by Crippen LogP contribution is -2.46. The summed E-state index contributed by atoms with van der Waals surface area (Å²) in [5.41, 5.74) is 0.748. The molecule has 21 heavy (non-hydrogen) atoms. The molecule has 1 N–H and O–H groups in total. The number of aromatic nitrogens is 1. The molecule has 1 aliphatic heterocycles. The van der Waals surface area contributed by atoms with E-state index in [-0.39, 0.29) is 22.8 Å². The third kappa shape index (κ3) is 3.22. The van der Waals surface area contributed by atoms with E-state index in [0.717, 1.165) is 23.1 Å². The molecule has 1 aromatic carbocycles. The van der Waals surface area contributed by atoms with Crippen LogP contribution in [0.3, 0.4) is 0 Å². The van der Waals surface area contributed by atoms with Gasteiger partial charge in [-0.15, -0.1) is 23.7 Å². The van der Waals surface area contributed by atoms with Crippen molar-refractivity contribution in [2.75, 3.05) is 20.1 Å². The van der Waals surface area contributed by atoms with Crippen LogP contribution in [0.4, 0.5) is 0 Å². The van der Waals surface area contributed by atoms with Crippen molar-refractivity contribution < 1.29 is 8.42 Å². The summed E-state index contributed by atoms with van der Waals surface area (Å²) in [7, 11) is -1.59. The number of nitrogens with zero attached hydrogens (tertiary/aromatic N) is 2. The highest BCUT2D eigenvalue weighted by Gasteiger charge is 2.32. The molecule has 1 aliphatic rings. The van der Waals surface area contributed by atoms with Gasteiger partial charge in [-0.3, -0.25) is 0 Å². The molecule has 3 rings (SSSR count). The predicted octanol–water partition coefficient (Wildman–Crippen LogP) is 2.09. The summed E-state index contributed by atoms with van der Waals surface area (Å²) < 4.78 is 28.0. The van der Waals surface area contributed by atoms with Crippen LogP contribution in [0, 0.1) is 0 Å². The van der Waals surface area contributed by atoms with Crippen molar-refractivity contribution in [3.05, 3.63) is 24.3 Å². The number of sulfonamides is 1. The molecular formula is C13H18ClN3O2S2. The minimum atomic E-state index is -3.47. The third-order valence-electron chi connectivity index (χ3n) is 3.63. The minimum absolute atomic E-state index is 0. The van der Waals surface area contributed by atoms with Gasteiger partial charge in [0.1, 0.15) is 0 Å². The fraction of sp³-hybridized carbons (Fsp3) is 0.462. The van der Waals surface area contributed by atoms with E-state index in [1.807, 2.05) is 31.3 Å². The SMILES string of the molecule is CNC1CCCN(S(=O)(=O)c2nc3ccccc3s2)C1.Cl. The van der Waals surface area contributed by atoms with Gasteiger partial charge in [0.25, 0.3) is 10.0 Å². The molecule has 0 aliphatic carbocycles. The van der Waals surface area contributed by atoms with Crippen LogP contribution in [0.25, 0.3) is 10.2 Å². The van der Waals surface area contributed by atoms with Crippen LogP contribution in [0.2, 0.25) is 0 Å². The lowest BCUT2D eigenvalue weighted by molar-refractivity contribution is 0.293. The number of benzene rings is 1. The van der Waals surface area contributed by atoms with Gasteiger partial charge in [0.05, 0.1) is 10.2 Å². The van der Waals surface area contributed by atoms with Crippen LogP contribution in [-0.4, -0.2) is 43.9 Å². The molecule has 0 saturated carbocycles. The van der Waals surface area contributed by atoms with Crippen molar-refractivity contribution in [1.82, 2.24) is 14.6 Å². The quantitative estimate of drug-likeness (QED) is 0.923. The number of para-hydroxylation sites is 1. The summed E-state index contributed by atoms with van der Waals surface area (Å²) in [6, 6.07) is 7.74. The Bertz CT molecular complexity index is 684. The molecular weight excluding hydrogens is 330 g/mol. The lowest BCUT2D eigenvalue weighted by Gasteiger charge is -2.30. The third-order valence-corrected chi connectivity index (χ3v) is 6.88. The van der Waals surface area contributed by atoms with E-state index in [4.69, 9.17) is 0 Å². The van der Waals surface area contributed by atoms with Crippen molar-refractivity contribution in [2.45, 2.75) is 23.2 Å². The van der Waals surface area contributed by atoms with Crippen LogP contribution < -0.4 is 5.32 Å². The van der Waals surface area contributed by atoms with Crippen LogP contribution >= 0.6 is 23.7 Å². The number of hydrogen-bond acceptors (Lipinski definition) is 5. The lowest BCUT2D eigenvalue weighted by atomic mass is 10.1. The fourth-order valence-electron chi connectivity index (χ4n) is 2.47. The Morgan fingerprint density at radius 3 is 2.86 bits per heavy atom. The molecule has 1 unspecified atom stereocenters. The number of piperidine rings is 1. The van der Waals surface area contributed by atoms with Gasteiger partial charge in [-0.1, -0.05) is 12.1 Å². The minimum Gasteiger partial charge on any atom is -0.316 e. The van der Waals surface area contributed by atoms with E-state index in [9.17, 15) is 8.42 Å². The van der Waals surface area contributed by atoms with E-state index < -0.39 is 10.0 Å². The Morgan fingerprint density at radius 2 is 2.14 bits per heavy atom. The second kappa shape index (κ2) is 6.58. The van der Waals surface area contributed by atoms with Crippen molar-refractivity contribution in [1.29, 1.82) is 0 Å². The van der Waals surface area contributed by atoms with E-state index in [1.165, 1.54) is 11.3 Å². The van der Waals surface area contributed by atoms with E-state index in [0.29, 0.717) is 13.1 Å². The van der Waals surface area contributed by atoms with Gasteiger partial charge in [0, 0.05) is 19.1 Å². The zero-order valence-corrected chi connectivity index (χ0v) is 14.1. The first-order chi connectivity index (χ1) is 9.61. The first-order valence-corrected chi connectivity index (χ1v) is 8.90. The highest BCUT2D eigenvalue weighted by molar-refractivity contribution is 7.91. The second-order valence-corrected chi connectivity index (χ2v) is 8.08. The highest BCUT2D eigenvalue weighted by Crippen LogP contribution is 2.28. The average molecular weight is 348 g/mol. The summed E-state index contributed by atoms with van der Waals surface area (Å²) in [5.74, 6) is 0. The molecule has 8 heteroatoms.